The first-order valence-electron chi connectivity index (χ1n) is 10.0. The molecule has 0 atom stereocenters. The van der Waals surface area contributed by atoms with Crippen molar-refractivity contribution >= 4 is 44.6 Å². The van der Waals surface area contributed by atoms with E-state index in [1.807, 2.05) is 30.3 Å². The van der Waals surface area contributed by atoms with E-state index in [2.05, 4.69) is 42.2 Å². The van der Waals surface area contributed by atoms with Crippen LogP contribution in [0, 0.1) is 0 Å². The number of rotatable bonds is 6. The fourth-order valence-electron chi connectivity index (χ4n) is 3.63. The summed E-state index contributed by atoms with van der Waals surface area (Å²) >= 11 is 3.37. The highest BCUT2D eigenvalue weighted by Gasteiger charge is 2.18. The number of nitrogens with one attached hydrogen (secondary N) is 3. The number of hydrogen-bond donors (Lipinski definition) is 3. The van der Waals surface area contributed by atoms with E-state index in [9.17, 15) is 9.59 Å². The van der Waals surface area contributed by atoms with Gasteiger partial charge in [0.2, 0.25) is 0 Å². The van der Waals surface area contributed by atoms with Crippen LogP contribution in [-0.4, -0.2) is 39.5 Å². The Labute approximate surface area is 182 Å². The number of carbonyl (C=O) groups is 2. The number of nitrogens with zero attached hydrogens (tertiary/aromatic N) is 3. The highest BCUT2D eigenvalue weighted by Crippen LogP contribution is 2.19. The van der Waals surface area contributed by atoms with Gasteiger partial charge in [-0.05, 0) is 49.2 Å². The van der Waals surface area contributed by atoms with E-state index in [0.717, 1.165) is 22.8 Å². The molecule has 1 heterocycles. The van der Waals surface area contributed by atoms with E-state index in [1.54, 1.807) is 16.8 Å². The van der Waals surface area contributed by atoms with Gasteiger partial charge in [-0.1, -0.05) is 40.1 Å². The molecule has 8 nitrogen and oxygen atoms in total. The SMILES string of the molecule is O=C(NCCn1nnc2cc(C(=O)NC3CCCC3)ccc21)Nc1cccc(Br)c1. The van der Waals surface area contributed by atoms with Crippen LogP contribution in [-0.2, 0) is 6.54 Å². The van der Waals surface area contributed by atoms with Crippen molar-refractivity contribution in [2.45, 2.75) is 38.3 Å². The molecule has 1 aromatic heterocycles. The van der Waals surface area contributed by atoms with Gasteiger partial charge in [-0.15, -0.1) is 5.10 Å². The van der Waals surface area contributed by atoms with Gasteiger partial charge in [0.05, 0.1) is 12.1 Å². The predicted octanol–water partition coefficient (Wildman–Crippen LogP) is 3.69. The maximum Gasteiger partial charge on any atom is 0.319 e. The van der Waals surface area contributed by atoms with Crippen molar-refractivity contribution in [1.29, 1.82) is 0 Å². The Balaban J connectivity index is 1.32. The lowest BCUT2D eigenvalue weighted by atomic mass is 10.1. The van der Waals surface area contributed by atoms with Crippen molar-refractivity contribution in [3.63, 3.8) is 0 Å². The van der Waals surface area contributed by atoms with Crippen LogP contribution in [0.15, 0.2) is 46.9 Å². The Bertz CT molecular complexity index is 1060. The van der Waals surface area contributed by atoms with Crippen molar-refractivity contribution in [3.05, 3.63) is 52.5 Å². The Morgan fingerprint density at radius 3 is 2.77 bits per heavy atom. The lowest BCUT2D eigenvalue weighted by Crippen LogP contribution is -2.32. The Morgan fingerprint density at radius 2 is 1.97 bits per heavy atom. The minimum atomic E-state index is -0.289. The standard InChI is InChI=1S/C21H23BrN6O2/c22-15-4-3-7-17(13-15)25-21(30)23-10-11-28-19-9-8-14(12-18(19)26-27-28)20(29)24-16-5-1-2-6-16/h3-4,7-9,12-13,16H,1-2,5-6,10-11H2,(H,24,29)(H2,23,25,30). The summed E-state index contributed by atoms with van der Waals surface area (Å²) in [6, 6.07) is 12.8. The van der Waals surface area contributed by atoms with E-state index in [4.69, 9.17) is 0 Å². The second kappa shape index (κ2) is 9.25. The average molecular weight is 471 g/mol. The molecule has 0 unspecified atom stereocenters. The molecule has 0 spiro atoms. The summed E-state index contributed by atoms with van der Waals surface area (Å²) in [7, 11) is 0. The molecule has 0 saturated heterocycles. The first-order chi connectivity index (χ1) is 14.6. The predicted molar refractivity (Wildman–Crippen MR) is 118 cm³/mol. The third kappa shape index (κ3) is 4.96. The molecular formula is C21H23BrN6O2. The molecule has 30 heavy (non-hydrogen) atoms. The topological polar surface area (TPSA) is 101 Å². The molecule has 156 valence electrons. The van der Waals surface area contributed by atoms with Gasteiger partial charge in [0.1, 0.15) is 5.52 Å². The molecule has 1 aliphatic carbocycles. The van der Waals surface area contributed by atoms with Crippen LogP contribution >= 0.6 is 15.9 Å². The fraction of sp³-hybridized carbons (Fsp3) is 0.333. The lowest BCUT2D eigenvalue weighted by molar-refractivity contribution is 0.0938. The molecule has 3 N–H and O–H groups in total. The van der Waals surface area contributed by atoms with Crippen LogP contribution in [0.3, 0.4) is 0 Å². The zero-order chi connectivity index (χ0) is 20.9. The quantitative estimate of drug-likeness (QED) is 0.511. The number of urea groups is 1. The van der Waals surface area contributed by atoms with Crippen molar-refractivity contribution in [2.24, 2.45) is 0 Å². The monoisotopic (exact) mass is 470 g/mol. The maximum atomic E-state index is 12.4. The lowest BCUT2D eigenvalue weighted by Gasteiger charge is -2.11. The van der Waals surface area contributed by atoms with Gasteiger partial charge in [0.25, 0.3) is 5.91 Å². The fourth-order valence-corrected chi connectivity index (χ4v) is 4.03. The smallest absolute Gasteiger partial charge is 0.319 e. The largest absolute Gasteiger partial charge is 0.349 e. The van der Waals surface area contributed by atoms with Gasteiger partial charge in [-0.3, -0.25) is 4.79 Å². The highest BCUT2D eigenvalue weighted by molar-refractivity contribution is 9.10. The summed E-state index contributed by atoms with van der Waals surface area (Å²) in [5.74, 6) is -0.0655. The second-order valence-electron chi connectivity index (χ2n) is 7.36. The minimum absolute atomic E-state index is 0.0655. The first kappa shape index (κ1) is 20.3. The van der Waals surface area contributed by atoms with E-state index in [1.165, 1.54) is 12.8 Å². The summed E-state index contributed by atoms with van der Waals surface area (Å²) < 4.78 is 2.61. The molecule has 1 fully saturated rings. The summed E-state index contributed by atoms with van der Waals surface area (Å²) in [5.41, 5.74) is 2.78. The zero-order valence-electron chi connectivity index (χ0n) is 16.4. The van der Waals surface area contributed by atoms with Gasteiger partial charge in [0, 0.05) is 28.3 Å². The minimum Gasteiger partial charge on any atom is -0.349 e. The molecular weight excluding hydrogens is 448 g/mol. The molecule has 3 aromatic rings. The van der Waals surface area contributed by atoms with Gasteiger partial charge >= 0.3 is 6.03 Å². The molecule has 0 radical (unpaired) electrons. The molecule has 3 amide bonds. The molecule has 4 rings (SSSR count). The van der Waals surface area contributed by atoms with Crippen LogP contribution in [0.2, 0.25) is 0 Å². The van der Waals surface area contributed by atoms with Crippen LogP contribution < -0.4 is 16.0 Å². The highest BCUT2D eigenvalue weighted by atomic mass is 79.9. The van der Waals surface area contributed by atoms with Crippen molar-refractivity contribution < 1.29 is 9.59 Å². The molecule has 1 saturated carbocycles. The number of carbonyl (C=O) groups excluding carboxylic acids is 2. The van der Waals surface area contributed by atoms with Gasteiger partial charge in [0.15, 0.2) is 0 Å². The Morgan fingerprint density at radius 1 is 1.13 bits per heavy atom. The molecule has 2 aromatic carbocycles. The molecule has 9 heteroatoms. The second-order valence-corrected chi connectivity index (χ2v) is 8.28. The van der Waals surface area contributed by atoms with E-state index in [-0.39, 0.29) is 18.0 Å². The summed E-state index contributed by atoms with van der Waals surface area (Å²) in [5, 5.41) is 17.0. The normalized spacial score (nSPS) is 14.0. The number of halogens is 1. The Hall–Kier alpha value is -2.94. The number of hydrogen-bond acceptors (Lipinski definition) is 4. The average Bonchev–Trinajstić information content (AvgIpc) is 3.37. The van der Waals surface area contributed by atoms with Gasteiger partial charge in [-0.25, -0.2) is 9.48 Å². The summed E-state index contributed by atoms with van der Waals surface area (Å²) in [6.07, 6.45) is 4.44. The number of fused-ring (bicyclic) bond motifs is 1. The van der Waals surface area contributed by atoms with Crippen molar-refractivity contribution in [1.82, 2.24) is 25.6 Å². The molecule has 0 aliphatic heterocycles. The van der Waals surface area contributed by atoms with Gasteiger partial charge in [-0.2, -0.15) is 0 Å². The number of anilines is 1. The van der Waals surface area contributed by atoms with Crippen LogP contribution in [0.25, 0.3) is 11.0 Å². The Kier molecular flexibility index (Phi) is 6.27. The summed E-state index contributed by atoms with van der Waals surface area (Å²) in [4.78, 5) is 24.5. The third-order valence-corrected chi connectivity index (χ3v) is 5.65. The molecule has 1 aliphatic rings. The van der Waals surface area contributed by atoms with Crippen LogP contribution in [0.5, 0.6) is 0 Å². The van der Waals surface area contributed by atoms with Crippen molar-refractivity contribution in [2.75, 3.05) is 11.9 Å². The molecule has 0 bridgehead atoms. The van der Waals surface area contributed by atoms with Crippen LogP contribution in [0.4, 0.5) is 10.5 Å². The maximum absolute atomic E-state index is 12.4. The number of amides is 3. The van der Waals surface area contributed by atoms with E-state index >= 15 is 0 Å². The van der Waals surface area contributed by atoms with Gasteiger partial charge < -0.3 is 16.0 Å². The number of aromatic nitrogens is 3. The van der Waals surface area contributed by atoms with E-state index < -0.39 is 0 Å². The van der Waals surface area contributed by atoms with Crippen LogP contribution in [0.1, 0.15) is 36.0 Å². The van der Waals surface area contributed by atoms with Crippen molar-refractivity contribution in [3.8, 4) is 0 Å². The summed E-state index contributed by atoms with van der Waals surface area (Å²) in [6.45, 7) is 0.859. The number of benzene rings is 2. The zero-order valence-corrected chi connectivity index (χ0v) is 18.0. The van der Waals surface area contributed by atoms with E-state index in [0.29, 0.717) is 29.9 Å². The third-order valence-electron chi connectivity index (χ3n) is 5.16. The first-order valence-corrected chi connectivity index (χ1v) is 10.8.